The first-order chi connectivity index (χ1) is 6.95. The molecule has 0 aliphatic heterocycles. The molecule has 0 spiro atoms. The van der Waals surface area contributed by atoms with Crippen LogP contribution in [0.3, 0.4) is 0 Å². The van der Waals surface area contributed by atoms with Crippen molar-refractivity contribution in [3.05, 3.63) is 52.5 Å². The average Bonchev–Trinajstić information content (AvgIpc) is 2.72. The van der Waals surface area contributed by atoms with E-state index in [1.807, 2.05) is 23.6 Å². The van der Waals surface area contributed by atoms with Gasteiger partial charge in [0.05, 0.1) is 0 Å². The first-order valence-corrected chi connectivity index (χ1v) is 5.25. The summed E-state index contributed by atoms with van der Waals surface area (Å²) >= 11 is 1.57. The van der Waals surface area contributed by atoms with E-state index in [2.05, 4.69) is 29.0 Å². The fraction of sp³-hybridized carbons (Fsp3) is 0.0833. The summed E-state index contributed by atoms with van der Waals surface area (Å²) in [5.41, 5.74) is 1.25. The molecule has 2 heteroatoms. The quantitative estimate of drug-likeness (QED) is 0.643. The Hall–Kier alpha value is -1.59. The third kappa shape index (κ3) is 2.45. The van der Waals surface area contributed by atoms with E-state index in [0.29, 0.717) is 0 Å². The molecular formula is C12H9NS. The zero-order valence-electron chi connectivity index (χ0n) is 7.60. The van der Waals surface area contributed by atoms with E-state index >= 15 is 0 Å². The van der Waals surface area contributed by atoms with Crippen LogP contribution in [0.25, 0.3) is 0 Å². The number of aromatic nitrogens is 1. The van der Waals surface area contributed by atoms with Crippen LogP contribution in [0.4, 0.5) is 0 Å². The third-order valence-electron chi connectivity index (χ3n) is 1.76. The highest BCUT2D eigenvalue weighted by Crippen LogP contribution is 2.02. The van der Waals surface area contributed by atoms with E-state index in [4.69, 9.17) is 0 Å². The second-order valence-corrected chi connectivity index (χ2v) is 3.70. The summed E-state index contributed by atoms with van der Waals surface area (Å²) in [5.74, 6) is 6.13. The van der Waals surface area contributed by atoms with Crippen molar-refractivity contribution in [1.82, 2.24) is 4.98 Å². The topological polar surface area (TPSA) is 12.9 Å². The SMILES string of the molecule is C(#Cc1nccs1)Cc1ccccc1. The van der Waals surface area contributed by atoms with Gasteiger partial charge in [0.2, 0.25) is 0 Å². The van der Waals surface area contributed by atoms with Gasteiger partial charge in [-0.05, 0) is 11.5 Å². The highest BCUT2D eigenvalue weighted by atomic mass is 32.1. The Balaban J connectivity index is 2.01. The summed E-state index contributed by atoms with van der Waals surface area (Å²) in [6.45, 7) is 0. The molecule has 0 radical (unpaired) electrons. The molecule has 1 heterocycles. The molecule has 0 fully saturated rings. The second-order valence-electron chi connectivity index (χ2n) is 2.80. The molecule has 2 aromatic rings. The molecular weight excluding hydrogens is 190 g/mol. The van der Waals surface area contributed by atoms with Gasteiger partial charge in [-0.15, -0.1) is 11.3 Å². The van der Waals surface area contributed by atoms with Crippen LogP contribution in [0, 0.1) is 11.8 Å². The van der Waals surface area contributed by atoms with Crippen LogP contribution in [0.2, 0.25) is 0 Å². The van der Waals surface area contributed by atoms with Crippen LogP contribution in [-0.4, -0.2) is 4.98 Å². The second kappa shape index (κ2) is 4.59. The van der Waals surface area contributed by atoms with Gasteiger partial charge >= 0.3 is 0 Å². The smallest absolute Gasteiger partial charge is 0.166 e. The molecule has 0 amide bonds. The number of hydrogen-bond donors (Lipinski definition) is 0. The van der Waals surface area contributed by atoms with Gasteiger partial charge in [0.25, 0.3) is 0 Å². The molecule has 14 heavy (non-hydrogen) atoms. The van der Waals surface area contributed by atoms with Crippen molar-refractivity contribution < 1.29 is 0 Å². The lowest BCUT2D eigenvalue weighted by atomic mass is 10.2. The summed E-state index contributed by atoms with van der Waals surface area (Å²) < 4.78 is 0. The Morgan fingerprint density at radius 2 is 2.07 bits per heavy atom. The molecule has 2 rings (SSSR count). The van der Waals surface area contributed by atoms with Crippen LogP contribution >= 0.6 is 11.3 Å². The molecule has 0 saturated carbocycles. The minimum atomic E-state index is 0.792. The van der Waals surface area contributed by atoms with Crippen molar-refractivity contribution in [2.75, 3.05) is 0 Å². The van der Waals surface area contributed by atoms with Gasteiger partial charge in [-0.1, -0.05) is 36.3 Å². The van der Waals surface area contributed by atoms with Crippen molar-refractivity contribution in [3.8, 4) is 11.8 Å². The van der Waals surface area contributed by atoms with Crippen molar-refractivity contribution in [2.24, 2.45) is 0 Å². The van der Waals surface area contributed by atoms with Crippen LogP contribution < -0.4 is 0 Å². The Morgan fingerprint density at radius 1 is 1.21 bits per heavy atom. The first-order valence-electron chi connectivity index (χ1n) is 4.37. The van der Waals surface area contributed by atoms with E-state index in [9.17, 15) is 0 Å². The van der Waals surface area contributed by atoms with Crippen molar-refractivity contribution >= 4 is 11.3 Å². The van der Waals surface area contributed by atoms with E-state index in [-0.39, 0.29) is 0 Å². The number of nitrogens with zero attached hydrogens (tertiary/aromatic N) is 1. The lowest BCUT2D eigenvalue weighted by molar-refractivity contribution is 1.31. The zero-order chi connectivity index (χ0) is 9.64. The van der Waals surface area contributed by atoms with Gasteiger partial charge in [-0.25, -0.2) is 4.98 Å². The maximum atomic E-state index is 4.09. The number of hydrogen-bond acceptors (Lipinski definition) is 2. The number of rotatable bonds is 1. The van der Waals surface area contributed by atoms with Gasteiger partial charge < -0.3 is 0 Å². The van der Waals surface area contributed by atoms with E-state index < -0.39 is 0 Å². The summed E-state index contributed by atoms with van der Waals surface area (Å²) in [4.78, 5) is 4.09. The summed E-state index contributed by atoms with van der Waals surface area (Å²) in [5, 5.41) is 2.83. The summed E-state index contributed by atoms with van der Waals surface area (Å²) in [6, 6.07) is 10.2. The zero-order valence-corrected chi connectivity index (χ0v) is 8.42. The van der Waals surface area contributed by atoms with E-state index in [0.717, 1.165) is 11.4 Å². The van der Waals surface area contributed by atoms with E-state index in [1.54, 1.807) is 17.5 Å². The predicted molar refractivity (Wildman–Crippen MR) is 59.1 cm³/mol. The Labute approximate surface area is 87.4 Å². The highest BCUT2D eigenvalue weighted by molar-refractivity contribution is 7.10. The molecule has 0 N–H and O–H groups in total. The largest absolute Gasteiger partial charge is 0.236 e. The lowest BCUT2D eigenvalue weighted by Crippen LogP contribution is -1.79. The summed E-state index contributed by atoms with van der Waals surface area (Å²) in [7, 11) is 0. The van der Waals surface area contributed by atoms with Crippen LogP contribution in [-0.2, 0) is 6.42 Å². The fourth-order valence-electron chi connectivity index (χ4n) is 1.10. The fourth-order valence-corrected chi connectivity index (χ4v) is 1.61. The maximum absolute atomic E-state index is 4.09. The molecule has 1 aromatic carbocycles. The highest BCUT2D eigenvalue weighted by Gasteiger charge is 1.87. The van der Waals surface area contributed by atoms with E-state index in [1.165, 1.54) is 5.56 Å². The monoisotopic (exact) mass is 199 g/mol. The molecule has 0 aliphatic carbocycles. The van der Waals surface area contributed by atoms with Crippen LogP contribution in [0.5, 0.6) is 0 Å². The van der Waals surface area contributed by atoms with Crippen molar-refractivity contribution in [3.63, 3.8) is 0 Å². The molecule has 0 unspecified atom stereocenters. The molecule has 0 atom stereocenters. The predicted octanol–water partition coefficient (Wildman–Crippen LogP) is 2.74. The molecule has 68 valence electrons. The minimum Gasteiger partial charge on any atom is -0.236 e. The first kappa shape index (κ1) is 8.98. The molecule has 0 bridgehead atoms. The molecule has 0 saturated heterocycles. The Kier molecular flexibility index (Phi) is 2.95. The maximum Gasteiger partial charge on any atom is 0.166 e. The van der Waals surface area contributed by atoms with Crippen molar-refractivity contribution in [1.29, 1.82) is 0 Å². The van der Waals surface area contributed by atoms with Gasteiger partial charge in [-0.2, -0.15) is 0 Å². The number of benzene rings is 1. The normalized spacial score (nSPS) is 9.14. The van der Waals surface area contributed by atoms with Crippen molar-refractivity contribution in [2.45, 2.75) is 6.42 Å². The van der Waals surface area contributed by atoms with Gasteiger partial charge in [-0.3, -0.25) is 0 Å². The van der Waals surface area contributed by atoms with Gasteiger partial charge in [0.15, 0.2) is 5.01 Å². The molecule has 0 aliphatic rings. The van der Waals surface area contributed by atoms with Gasteiger partial charge in [0.1, 0.15) is 0 Å². The minimum absolute atomic E-state index is 0.792. The third-order valence-corrected chi connectivity index (χ3v) is 2.45. The standard InChI is InChI=1S/C12H9NS/c1-2-5-11(6-3-1)7-4-8-12-13-9-10-14-12/h1-3,5-6,9-10H,7H2. The summed E-state index contributed by atoms with van der Waals surface area (Å²) in [6.07, 6.45) is 2.57. The molecule has 1 aromatic heterocycles. The van der Waals surface area contributed by atoms with Crippen LogP contribution in [0.15, 0.2) is 41.9 Å². The average molecular weight is 199 g/mol. The Morgan fingerprint density at radius 3 is 2.79 bits per heavy atom. The Bertz CT molecular complexity index is 434. The number of thiazole rings is 1. The van der Waals surface area contributed by atoms with Gasteiger partial charge in [0, 0.05) is 18.0 Å². The molecule has 1 nitrogen and oxygen atoms in total. The van der Waals surface area contributed by atoms with Crippen LogP contribution in [0.1, 0.15) is 10.6 Å². The lowest BCUT2D eigenvalue weighted by Gasteiger charge is -1.90.